The van der Waals surface area contributed by atoms with Crippen LogP contribution in [-0.4, -0.2) is 33.5 Å². The summed E-state index contributed by atoms with van der Waals surface area (Å²) in [6.45, 7) is 14.2. The van der Waals surface area contributed by atoms with Crippen molar-refractivity contribution >= 4 is 5.91 Å². The van der Waals surface area contributed by atoms with Crippen molar-refractivity contribution in [1.29, 1.82) is 0 Å². The van der Waals surface area contributed by atoms with Gasteiger partial charge in [0.2, 0.25) is 0 Å². The second-order valence-electron chi connectivity index (χ2n) is 9.36. The molecule has 0 radical (unpaired) electrons. The summed E-state index contributed by atoms with van der Waals surface area (Å²) in [6, 6.07) is 0. The van der Waals surface area contributed by atoms with Gasteiger partial charge in [-0.3, -0.25) is 9.69 Å². The Kier molecular flexibility index (Phi) is 14.6. The molecule has 4 heteroatoms. The fourth-order valence-electron chi connectivity index (χ4n) is 3.75. The van der Waals surface area contributed by atoms with Gasteiger partial charge >= 0.3 is 0 Å². The molecule has 4 atom stereocenters. The largest absolute Gasteiger partial charge is 0.374 e. The molecule has 0 spiro atoms. The van der Waals surface area contributed by atoms with Gasteiger partial charge in [-0.15, -0.1) is 0 Å². The number of rotatable bonds is 15. The van der Waals surface area contributed by atoms with Gasteiger partial charge in [-0.2, -0.15) is 0 Å². The van der Waals surface area contributed by atoms with Crippen molar-refractivity contribution < 1.29 is 15.0 Å². The van der Waals surface area contributed by atoms with Gasteiger partial charge in [0.25, 0.3) is 5.91 Å². The van der Waals surface area contributed by atoms with E-state index in [0.29, 0.717) is 0 Å². The lowest BCUT2D eigenvalue weighted by atomic mass is 9.91. The Morgan fingerprint density at radius 3 is 1.64 bits per heavy atom. The third-order valence-corrected chi connectivity index (χ3v) is 5.57. The number of allylic oxidation sites excluding steroid dienone is 1. The molecule has 0 aromatic rings. The number of nitrogens with zero attached hydrogens (tertiary/aromatic N) is 1. The Balaban J connectivity index is 4.04. The normalized spacial score (nSPS) is 16.7. The minimum Gasteiger partial charge on any atom is -0.374 e. The van der Waals surface area contributed by atoms with E-state index in [4.69, 9.17) is 0 Å². The standard InChI is InChI=1S/C24H47NO3/c1-18(2)11-8-12-19(3)13-9-14-20(4)15-10-16-21(5)17-24(28)25(22(6)26)23(7)27/h17-20,22-23,26-27H,8-16H2,1-7H3. The molecule has 0 rings (SSSR count). The molecule has 2 N–H and O–H groups in total. The van der Waals surface area contributed by atoms with Crippen LogP contribution in [0.3, 0.4) is 0 Å². The predicted molar refractivity (Wildman–Crippen MR) is 119 cm³/mol. The summed E-state index contributed by atoms with van der Waals surface area (Å²) in [5.74, 6) is 2.05. The third kappa shape index (κ3) is 13.3. The summed E-state index contributed by atoms with van der Waals surface area (Å²) < 4.78 is 0. The van der Waals surface area contributed by atoms with Crippen molar-refractivity contribution in [1.82, 2.24) is 4.90 Å². The Morgan fingerprint density at radius 1 is 0.786 bits per heavy atom. The van der Waals surface area contributed by atoms with Crippen molar-refractivity contribution in [3.63, 3.8) is 0 Å². The second kappa shape index (κ2) is 15.0. The Bertz CT molecular complexity index is 435. The van der Waals surface area contributed by atoms with Crippen molar-refractivity contribution in [2.45, 2.75) is 119 Å². The molecule has 0 aromatic heterocycles. The number of amides is 1. The Hall–Kier alpha value is -0.870. The monoisotopic (exact) mass is 397 g/mol. The molecule has 0 bridgehead atoms. The van der Waals surface area contributed by atoms with Gasteiger partial charge in [0.1, 0.15) is 12.5 Å². The number of hydrogen-bond donors (Lipinski definition) is 2. The molecular weight excluding hydrogens is 350 g/mol. The van der Waals surface area contributed by atoms with Crippen LogP contribution in [0.1, 0.15) is 106 Å². The van der Waals surface area contributed by atoms with E-state index in [2.05, 4.69) is 27.7 Å². The van der Waals surface area contributed by atoms with Gasteiger partial charge < -0.3 is 10.2 Å². The number of hydrogen-bond acceptors (Lipinski definition) is 3. The lowest BCUT2D eigenvalue weighted by molar-refractivity contribution is -0.150. The molecule has 0 fully saturated rings. The van der Waals surface area contributed by atoms with Gasteiger partial charge in [0, 0.05) is 6.08 Å². The smallest absolute Gasteiger partial charge is 0.250 e. The lowest BCUT2D eigenvalue weighted by Gasteiger charge is -2.27. The van der Waals surface area contributed by atoms with Crippen LogP contribution in [0.2, 0.25) is 0 Å². The zero-order valence-electron chi connectivity index (χ0n) is 19.6. The minimum absolute atomic E-state index is 0.331. The highest BCUT2D eigenvalue weighted by atomic mass is 16.3. The van der Waals surface area contributed by atoms with E-state index in [0.717, 1.165) is 41.1 Å². The highest BCUT2D eigenvalue weighted by Crippen LogP contribution is 2.22. The van der Waals surface area contributed by atoms with Gasteiger partial charge in [0.15, 0.2) is 0 Å². The fourth-order valence-corrected chi connectivity index (χ4v) is 3.75. The molecule has 0 aliphatic rings. The molecule has 28 heavy (non-hydrogen) atoms. The first kappa shape index (κ1) is 27.1. The van der Waals surface area contributed by atoms with Crippen LogP contribution in [0.15, 0.2) is 11.6 Å². The van der Waals surface area contributed by atoms with Crippen LogP contribution in [0.4, 0.5) is 0 Å². The molecule has 0 saturated carbocycles. The lowest BCUT2D eigenvalue weighted by Crippen LogP contribution is -2.43. The van der Waals surface area contributed by atoms with Gasteiger partial charge in [-0.1, -0.05) is 78.2 Å². The first-order valence-electron chi connectivity index (χ1n) is 11.4. The fraction of sp³-hybridized carbons (Fsp3) is 0.875. The molecule has 0 aliphatic carbocycles. The summed E-state index contributed by atoms with van der Waals surface area (Å²) in [7, 11) is 0. The average Bonchev–Trinajstić information content (AvgIpc) is 2.53. The van der Waals surface area contributed by atoms with E-state index in [1.165, 1.54) is 58.8 Å². The maximum Gasteiger partial charge on any atom is 0.250 e. The average molecular weight is 398 g/mol. The van der Waals surface area contributed by atoms with Crippen molar-refractivity contribution in [2.75, 3.05) is 0 Å². The maximum atomic E-state index is 12.2. The highest BCUT2D eigenvalue weighted by molar-refractivity contribution is 5.88. The molecule has 0 saturated heterocycles. The van der Waals surface area contributed by atoms with Gasteiger partial charge in [-0.25, -0.2) is 0 Å². The summed E-state index contributed by atoms with van der Waals surface area (Å²) >= 11 is 0. The van der Waals surface area contributed by atoms with Crippen molar-refractivity contribution in [3.8, 4) is 0 Å². The third-order valence-electron chi connectivity index (χ3n) is 5.57. The van der Waals surface area contributed by atoms with Crippen LogP contribution in [-0.2, 0) is 4.79 Å². The molecule has 0 aromatic carbocycles. The maximum absolute atomic E-state index is 12.2. The topological polar surface area (TPSA) is 60.8 Å². The zero-order chi connectivity index (χ0) is 21.7. The predicted octanol–water partition coefficient (Wildman–Crippen LogP) is 5.88. The van der Waals surface area contributed by atoms with E-state index in [1.54, 1.807) is 6.08 Å². The Morgan fingerprint density at radius 2 is 1.21 bits per heavy atom. The highest BCUT2D eigenvalue weighted by Gasteiger charge is 2.20. The van der Waals surface area contributed by atoms with Crippen LogP contribution >= 0.6 is 0 Å². The summed E-state index contributed by atoms with van der Waals surface area (Å²) in [5.41, 5.74) is 1.00. The molecule has 0 aliphatic heterocycles. The molecule has 4 unspecified atom stereocenters. The quantitative estimate of drug-likeness (QED) is 0.268. The summed E-state index contributed by atoms with van der Waals surface area (Å²) in [5, 5.41) is 19.2. The van der Waals surface area contributed by atoms with Crippen molar-refractivity contribution in [3.05, 3.63) is 11.6 Å². The Labute approximate surface area is 174 Å². The number of aliphatic hydroxyl groups excluding tert-OH is 2. The molecule has 1 amide bonds. The zero-order valence-corrected chi connectivity index (χ0v) is 19.6. The number of aliphatic hydroxyl groups is 2. The van der Waals surface area contributed by atoms with E-state index in [-0.39, 0.29) is 5.91 Å². The summed E-state index contributed by atoms with van der Waals surface area (Å²) in [4.78, 5) is 13.3. The molecular formula is C24H47NO3. The summed E-state index contributed by atoms with van der Waals surface area (Å²) in [6.07, 6.45) is 10.7. The van der Waals surface area contributed by atoms with Crippen LogP contribution in [0.25, 0.3) is 0 Å². The van der Waals surface area contributed by atoms with Gasteiger partial charge in [0.05, 0.1) is 0 Å². The van der Waals surface area contributed by atoms with E-state index >= 15 is 0 Å². The first-order chi connectivity index (χ1) is 13.0. The number of carbonyl (C=O) groups is 1. The first-order valence-corrected chi connectivity index (χ1v) is 11.4. The van der Waals surface area contributed by atoms with Gasteiger partial charge in [-0.05, 0) is 51.4 Å². The molecule has 4 nitrogen and oxygen atoms in total. The van der Waals surface area contributed by atoms with Crippen LogP contribution in [0, 0.1) is 17.8 Å². The second-order valence-corrected chi connectivity index (χ2v) is 9.36. The van der Waals surface area contributed by atoms with Crippen LogP contribution in [0.5, 0.6) is 0 Å². The van der Waals surface area contributed by atoms with Crippen LogP contribution < -0.4 is 0 Å². The van der Waals surface area contributed by atoms with Crippen molar-refractivity contribution in [2.24, 2.45) is 17.8 Å². The number of carbonyl (C=O) groups excluding carboxylic acids is 1. The van der Waals surface area contributed by atoms with E-state index in [9.17, 15) is 15.0 Å². The molecule has 0 heterocycles. The van der Waals surface area contributed by atoms with E-state index in [1.807, 2.05) is 6.92 Å². The minimum atomic E-state index is -0.996. The van der Waals surface area contributed by atoms with E-state index < -0.39 is 12.5 Å². The SMILES string of the molecule is CC(=CC(=O)N(C(C)O)C(C)O)CCCC(C)CCCC(C)CCCC(C)C. The molecule has 166 valence electrons.